The molecule has 12 heteroatoms. The quantitative estimate of drug-likeness (QED) is 0.170. The van der Waals surface area contributed by atoms with Gasteiger partial charge in [0.25, 0.3) is 0 Å². The number of methoxy groups -OCH3 is 1. The number of ether oxygens (including phenoxy) is 2. The van der Waals surface area contributed by atoms with Crippen molar-refractivity contribution >= 4 is 27.5 Å². The van der Waals surface area contributed by atoms with Crippen LogP contribution in [-0.4, -0.2) is 78.2 Å². The van der Waals surface area contributed by atoms with Gasteiger partial charge in [-0.3, -0.25) is 0 Å². The summed E-state index contributed by atoms with van der Waals surface area (Å²) in [4.78, 5) is 12.8. The number of aliphatic hydroxyl groups is 1. The molecule has 0 radical (unpaired) electrons. The van der Waals surface area contributed by atoms with Gasteiger partial charge in [0, 0.05) is 34.3 Å². The molecule has 2 aliphatic heterocycles. The van der Waals surface area contributed by atoms with Gasteiger partial charge in [-0.15, -0.1) is 6.42 Å². The molecule has 0 bridgehead atoms. The molecule has 1 aliphatic carbocycles. The second kappa shape index (κ2) is 12.3. The molecule has 3 aliphatic rings. The minimum atomic E-state index is -4.88. The Morgan fingerprint density at radius 1 is 1.02 bits per heavy atom. The Labute approximate surface area is 281 Å². The SMILES string of the molecule is C#Cc1c(F)ccc2cc(OC)cc(-c3ccc4c(N5CCCC(O)(C(F)(F)F)C5)nc(OCC56CCCC5N(C)CCC6)nc4c3F)c12. The number of nitrogens with zero attached hydrogens (tertiary/aromatic N) is 4. The maximum Gasteiger partial charge on any atom is 0.418 e. The minimum Gasteiger partial charge on any atom is -0.497 e. The van der Waals surface area contributed by atoms with Gasteiger partial charge in [0.15, 0.2) is 11.4 Å². The Morgan fingerprint density at radius 2 is 1.80 bits per heavy atom. The van der Waals surface area contributed by atoms with E-state index in [9.17, 15) is 22.7 Å². The van der Waals surface area contributed by atoms with Crippen molar-refractivity contribution in [3.05, 3.63) is 53.6 Å². The Bertz CT molecular complexity index is 1980. The highest BCUT2D eigenvalue weighted by molar-refractivity contribution is 6.04. The number of anilines is 1. The van der Waals surface area contributed by atoms with Crippen molar-refractivity contribution in [3.63, 3.8) is 0 Å². The number of likely N-dealkylation sites (tertiary alicyclic amines) is 1. The minimum absolute atomic E-state index is 0.0277. The van der Waals surface area contributed by atoms with E-state index < -0.39 is 36.4 Å². The topological polar surface area (TPSA) is 71.0 Å². The molecule has 258 valence electrons. The number of rotatable bonds is 6. The van der Waals surface area contributed by atoms with Crippen LogP contribution < -0.4 is 14.4 Å². The fourth-order valence-electron chi connectivity index (χ4n) is 8.36. The molecule has 3 atom stereocenters. The van der Waals surface area contributed by atoms with Crippen molar-refractivity contribution in [2.75, 3.05) is 45.3 Å². The third-order valence-corrected chi connectivity index (χ3v) is 10.8. The van der Waals surface area contributed by atoms with Gasteiger partial charge in [-0.05, 0) is 87.3 Å². The van der Waals surface area contributed by atoms with E-state index >= 15 is 4.39 Å². The maximum absolute atomic E-state index is 17.0. The number of piperidine rings is 2. The molecule has 7 rings (SSSR count). The average molecular weight is 681 g/mol. The lowest BCUT2D eigenvalue weighted by molar-refractivity contribution is -0.261. The molecular formula is C37H37F5N4O3. The monoisotopic (exact) mass is 680 g/mol. The lowest BCUT2D eigenvalue weighted by Gasteiger charge is -2.44. The summed E-state index contributed by atoms with van der Waals surface area (Å²) >= 11 is 0. The van der Waals surface area contributed by atoms with Gasteiger partial charge in [-0.2, -0.15) is 23.1 Å². The van der Waals surface area contributed by atoms with Gasteiger partial charge in [-0.1, -0.05) is 24.5 Å². The third kappa shape index (κ3) is 5.61. The van der Waals surface area contributed by atoms with Crippen LogP contribution >= 0.6 is 0 Å². The van der Waals surface area contributed by atoms with Gasteiger partial charge in [0.1, 0.15) is 22.9 Å². The molecule has 3 fully saturated rings. The van der Waals surface area contributed by atoms with Crippen molar-refractivity contribution in [1.82, 2.24) is 14.9 Å². The van der Waals surface area contributed by atoms with E-state index in [1.165, 1.54) is 36.3 Å². The van der Waals surface area contributed by atoms with Crippen LogP contribution in [0.4, 0.5) is 27.8 Å². The zero-order chi connectivity index (χ0) is 34.7. The average Bonchev–Trinajstić information content (AvgIpc) is 3.52. The summed E-state index contributed by atoms with van der Waals surface area (Å²) in [7, 11) is 3.55. The Kier molecular flexibility index (Phi) is 8.35. The third-order valence-electron chi connectivity index (χ3n) is 10.8. The second-order valence-electron chi connectivity index (χ2n) is 13.7. The van der Waals surface area contributed by atoms with E-state index in [1.807, 2.05) is 0 Å². The number of terminal acetylenes is 1. The van der Waals surface area contributed by atoms with Crippen LogP contribution in [0.3, 0.4) is 0 Å². The van der Waals surface area contributed by atoms with Crippen LogP contribution in [0.25, 0.3) is 32.8 Å². The number of hydrogen-bond acceptors (Lipinski definition) is 7. The Morgan fingerprint density at radius 3 is 2.55 bits per heavy atom. The first-order chi connectivity index (χ1) is 23.4. The number of benzene rings is 3. The molecule has 0 spiro atoms. The van der Waals surface area contributed by atoms with E-state index in [2.05, 4.69) is 27.8 Å². The lowest BCUT2D eigenvalue weighted by Crippen LogP contribution is -2.57. The van der Waals surface area contributed by atoms with Gasteiger partial charge in [-0.25, -0.2) is 8.78 Å². The summed E-state index contributed by atoms with van der Waals surface area (Å²) in [6, 6.07) is 9.10. The smallest absolute Gasteiger partial charge is 0.418 e. The zero-order valence-electron chi connectivity index (χ0n) is 27.3. The van der Waals surface area contributed by atoms with E-state index in [1.54, 1.807) is 12.1 Å². The van der Waals surface area contributed by atoms with E-state index in [0.717, 1.165) is 38.6 Å². The summed E-state index contributed by atoms with van der Waals surface area (Å²) < 4.78 is 85.8. The van der Waals surface area contributed by atoms with Gasteiger partial charge < -0.3 is 24.4 Å². The van der Waals surface area contributed by atoms with Crippen molar-refractivity contribution < 1.29 is 36.5 Å². The Hall–Kier alpha value is -4.21. The van der Waals surface area contributed by atoms with Crippen LogP contribution in [0, 0.1) is 29.4 Å². The van der Waals surface area contributed by atoms with Crippen molar-refractivity contribution in [2.24, 2.45) is 5.41 Å². The van der Waals surface area contributed by atoms with Crippen LogP contribution in [0.1, 0.15) is 50.5 Å². The Balaban J connectivity index is 1.39. The van der Waals surface area contributed by atoms with Crippen LogP contribution in [0.2, 0.25) is 0 Å². The predicted octanol–water partition coefficient (Wildman–Crippen LogP) is 7.26. The van der Waals surface area contributed by atoms with Gasteiger partial charge in [0.05, 0.1) is 25.8 Å². The molecule has 4 aromatic rings. The fourth-order valence-corrected chi connectivity index (χ4v) is 8.36. The summed E-state index contributed by atoms with van der Waals surface area (Å²) in [5.41, 5.74) is -3.07. The first-order valence-electron chi connectivity index (χ1n) is 16.5. The van der Waals surface area contributed by atoms with Crippen LogP contribution in [0.15, 0.2) is 36.4 Å². The second-order valence-corrected chi connectivity index (χ2v) is 13.7. The molecule has 7 nitrogen and oxygen atoms in total. The molecule has 1 N–H and O–H groups in total. The first-order valence-corrected chi connectivity index (χ1v) is 16.5. The largest absolute Gasteiger partial charge is 0.497 e. The van der Waals surface area contributed by atoms with E-state index in [4.69, 9.17) is 15.9 Å². The molecule has 3 aromatic carbocycles. The van der Waals surface area contributed by atoms with Gasteiger partial charge >= 0.3 is 12.2 Å². The molecule has 3 unspecified atom stereocenters. The van der Waals surface area contributed by atoms with Crippen LogP contribution in [0.5, 0.6) is 11.8 Å². The highest BCUT2D eigenvalue weighted by Gasteiger charge is 2.55. The zero-order valence-corrected chi connectivity index (χ0v) is 27.3. The summed E-state index contributed by atoms with van der Waals surface area (Å²) in [5.74, 6) is 1.33. The highest BCUT2D eigenvalue weighted by Crippen LogP contribution is 2.48. The number of aromatic nitrogens is 2. The summed E-state index contributed by atoms with van der Waals surface area (Å²) in [5, 5.41) is 11.6. The van der Waals surface area contributed by atoms with Crippen LogP contribution in [-0.2, 0) is 0 Å². The number of β-amino-alcohol motifs (C(OH)–C–C–N with tert-alkyl or cyclic N) is 1. The lowest BCUT2D eigenvalue weighted by atomic mass is 9.76. The molecule has 49 heavy (non-hydrogen) atoms. The summed E-state index contributed by atoms with van der Waals surface area (Å²) in [6.07, 6.45) is 5.36. The van der Waals surface area contributed by atoms with E-state index in [-0.39, 0.29) is 64.4 Å². The number of hydrogen-bond donors (Lipinski definition) is 1. The fraction of sp³-hybridized carbons (Fsp3) is 0.459. The molecule has 1 aromatic heterocycles. The predicted molar refractivity (Wildman–Crippen MR) is 177 cm³/mol. The molecular weight excluding hydrogens is 643 g/mol. The maximum atomic E-state index is 17.0. The number of halogens is 5. The molecule has 1 saturated carbocycles. The number of alkyl halides is 3. The molecule has 2 saturated heterocycles. The summed E-state index contributed by atoms with van der Waals surface area (Å²) in [6.45, 7) is 0.618. The van der Waals surface area contributed by atoms with E-state index in [0.29, 0.717) is 22.6 Å². The normalized spacial score (nSPS) is 24.6. The molecule has 0 amide bonds. The van der Waals surface area contributed by atoms with Crippen molar-refractivity contribution in [1.29, 1.82) is 0 Å². The highest BCUT2D eigenvalue weighted by atomic mass is 19.4. The van der Waals surface area contributed by atoms with Crippen molar-refractivity contribution in [3.8, 4) is 35.2 Å². The van der Waals surface area contributed by atoms with Crippen molar-refractivity contribution in [2.45, 2.75) is 62.8 Å². The standard InChI is InChI=1S/C37H37F5N4O3/c1-4-24-28(38)12-9-22-18-23(48-3)19-27(30(22)24)25-10-11-26-32(31(25)39)43-34(49-21-35-13-5-8-29(35)45(2)16-6-14-35)44-33(26)46-17-7-15-36(47,20-46)37(40,41)42/h1,9-12,18-19,29,47H,5-8,13-17,20-21H2,2-3H3. The molecule has 3 heterocycles. The van der Waals surface area contributed by atoms with Gasteiger partial charge in [0.2, 0.25) is 0 Å². The number of fused-ring (bicyclic) bond motifs is 3. The first kappa shape index (κ1) is 33.3.